The summed E-state index contributed by atoms with van der Waals surface area (Å²) in [4.78, 5) is 22.3. The Hall–Kier alpha value is -1.40. The van der Waals surface area contributed by atoms with E-state index in [0.717, 1.165) is 60.7 Å². The molecule has 4 nitrogen and oxygen atoms in total. The predicted molar refractivity (Wildman–Crippen MR) is 105 cm³/mol. The Bertz CT molecular complexity index is 761. The molecule has 2 heterocycles. The first-order valence-electron chi connectivity index (χ1n) is 8.81. The molecule has 4 rings (SSSR count). The minimum atomic E-state index is -0.291. The number of anilines is 1. The quantitative estimate of drug-likeness (QED) is 0.754. The van der Waals surface area contributed by atoms with Crippen molar-refractivity contribution < 1.29 is 4.79 Å². The summed E-state index contributed by atoms with van der Waals surface area (Å²) in [6.45, 7) is 5.34. The minimum absolute atomic E-state index is 0.291. The molecular formula is C19H22BrN3OS. The van der Waals surface area contributed by atoms with Crippen molar-refractivity contribution in [3.63, 3.8) is 0 Å². The van der Waals surface area contributed by atoms with Gasteiger partial charge in [-0.2, -0.15) is 0 Å². The molecule has 2 aliphatic rings. The van der Waals surface area contributed by atoms with Gasteiger partial charge in [0.25, 0.3) is 0 Å². The van der Waals surface area contributed by atoms with Gasteiger partial charge >= 0.3 is 0 Å². The number of rotatable bonds is 3. The SMILES string of the molecule is Cc1csc(N2CCN(C(=O)C3(c4ccc(Br)cc4)CCC3)CC2)n1. The van der Waals surface area contributed by atoms with E-state index in [1.54, 1.807) is 11.3 Å². The summed E-state index contributed by atoms with van der Waals surface area (Å²) < 4.78 is 1.06. The fraction of sp³-hybridized carbons (Fsp3) is 0.474. The molecule has 132 valence electrons. The van der Waals surface area contributed by atoms with Crippen LogP contribution in [0.5, 0.6) is 0 Å². The zero-order chi connectivity index (χ0) is 17.4. The molecule has 6 heteroatoms. The van der Waals surface area contributed by atoms with E-state index in [1.165, 1.54) is 5.56 Å². The molecular weight excluding hydrogens is 398 g/mol. The largest absolute Gasteiger partial charge is 0.345 e. The Balaban J connectivity index is 1.47. The average Bonchev–Trinajstić information content (AvgIpc) is 3.02. The van der Waals surface area contributed by atoms with Gasteiger partial charge in [0.05, 0.1) is 11.1 Å². The number of hydrogen-bond donors (Lipinski definition) is 0. The van der Waals surface area contributed by atoms with E-state index in [2.05, 4.69) is 48.2 Å². The van der Waals surface area contributed by atoms with Crippen molar-refractivity contribution in [2.75, 3.05) is 31.1 Å². The first-order valence-corrected chi connectivity index (χ1v) is 10.5. The van der Waals surface area contributed by atoms with Crippen LogP contribution in [0, 0.1) is 6.92 Å². The molecule has 0 radical (unpaired) electrons. The van der Waals surface area contributed by atoms with Gasteiger partial charge in [-0.1, -0.05) is 34.5 Å². The zero-order valence-electron chi connectivity index (χ0n) is 14.4. The molecule has 1 aliphatic carbocycles. The van der Waals surface area contributed by atoms with Crippen LogP contribution in [-0.4, -0.2) is 42.0 Å². The Morgan fingerprint density at radius 1 is 1.16 bits per heavy atom. The van der Waals surface area contributed by atoms with Crippen LogP contribution in [0.3, 0.4) is 0 Å². The van der Waals surface area contributed by atoms with E-state index in [4.69, 9.17) is 0 Å². The summed E-state index contributed by atoms with van der Waals surface area (Å²) in [6, 6.07) is 8.31. The molecule has 1 saturated heterocycles. The van der Waals surface area contributed by atoms with Gasteiger partial charge in [0.2, 0.25) is 5.91 Å². The van der Waals surface area contributed by atoms with Crippen LogP contribution in [-0.2, 0) is 10.2 Å². The number of amides is 1. The van der Waals surface area contributed by atoms with Crippen molar-refractivity contribution in [1.82, 2.24) is 9.88 Å². The average molecular weight is 420 g/mol. The van der Waals surface area contributed by atoms with Crippen LogP contribution >= 0.6 is 27.3 Å². The van der Waals surface area contributed by atoms with E-state index in [9.17, 15) is 4.79 Å². The first-order chi connectivity index (χ1) is 12.1. The molecule has 2 fully saturated rings. The maximum absolute atomic E-state index is 13.3. The highest BCUT2D eigenvalue weighted by molar-refractivity contribution is 9.10. The van der Waals surface area contributed by atoms with Crippen LogP contribution in [0.4, 0.5) is 5.13 Å². The summed E-state index contributed by atoms with van der Waals surface area (Å²) >= 11 is 5.18. The predicted octanol–water partition coefficient (Wildman–Crippen LogP) is 3.98. The van der Waals surface area contributed by atoms with Crippen molar-refractivity contribution in [3.05, 3.63) is 45.4 Å². The van der Waals surface area contributed by atoms with Crippen molar-refractivity contribution in [2.24, 2.45) is 0 Å². The number of piperazine rings is 1. The lowest BCUT2D eigenvalue weighted by Crippen LogP contribution is -2.56. The third kappa shape index (κ3) is 3.10. The fourth-order valence-corrected chi connectivity index (χ4v) is 4.94. The van der Waals surface area contributed by atoms with Gasteiger partial charge in [-0.25, -0.2) is 4.98 Å². The van der Waals surface area contributed by atoms with Gasteiger partial charge in [0.1, 0.15) is 0 Å². The van der Waals surface area contributed by atoms with Gasteiger partial charge in [0, 0.05) is 36.0 Å². The lowest BCUT2D eigenvalue weighted by molar-refractivity contribution is -0.141. The highest BCUT2D eigenvalue weighted by Crippen LogP contribution is 2.45. The molecule has 0 unspecified atom stereocenters. The first kappa shape index (κ1) is 17.0. The number of thiazole rings is 1. The van der Waals surface area contributed by atoms with Gasteiger partial charge < -0.3 is 9.80 Å². The zero-order valence-corrected chi connectivity index (χ0v) is 16.8. The smallest absolute Gasteiger partial charge is 0.233 e. The number of aromatic nitrogens is 1. The highest BCUT2D eigenvalue weighted by atomic mass is 79.9. The number of carbonyl (C=O) groups is 1. The molecule has 0 N–H and O–H groups in total. The van der Waals surface area contributed by atoms with Gasteiger partial charge in [0.15, 0.2) is 5.13 Å². The lowest BCUT2D eigenvalue weighted by Gasteiger charge is -2.46. The second-order valence-electron chi connectivity index (χ2n) is 6.99. The molecule has 1 aromatic carbocycles. The maximum atomic E-state index is 13.3. The van der Waals surface area contributed by atoms with E-state index in [1.807, 2.05) is 19.1 Å². The number of aryl methyl sites for hydroxylation is 1. The number of halogens is 1. The molecule has 2 aromatic rings. The van der Waals surface area contributed by atoms with E-state index in [0.29, 0.717) is 5.91 Å². The lowest BCUT2D eigenvalue weighted by atomic mass is 9.63. The standard InChI is InChI=1S/C19H22BrN3OS/c1-14-13-25-18(21-14)23-11-9-22(10-12-23)17(24)19(7-2-8-19)15-3-5-16(20)6-4-15/h3-6,13H,2,7-12H2,1H3. The Labute approximate surface area is 161 Å². The summed E-state index contributed by atoms with van der Waals surface area (Å²) in [5.41, 5.74) is 1.95. The number of hydrogen-bond acceptors (Lipinski definition) is 4. The van der Waals surface area contributed by atoms with Crippen molar-refractivity contribution >= 4 is 38.3 Å². The highest BCUT2D eigenvalue weighted by Gasteiger charge is 2.48. The Morgan fingerprint density at radius 2 is 1.84 bits per heavy atom. The molecule has 1 amide bonds. The number of carbonyl (C=O) groups excluding carboxylic acids is 1. The minimum Gasteiger partial charge on any atom is -0.345 e. The van der Waals surface area contributed by atoms with Crippen LogP contribution in [0.1, 0.15) is 30.5 Å². The third-order valence-corrected chi connectivity index (χ3v) is 7.01. The van der Waals surface area contributed by atoms with Gasteiger partial charge in [-0.05, 0) is 37.5 Å². The topological polar surface area (TPSA) is 36.4 Å². The molecule has 0 spiro atoms. The van der Waals surface area contributed by atoms with Gasteiger partial charge in [-0.3, -0.25) is 4.79 Å². The van der Waals surface area contributed by atoms with Gasteiger partial charge in [-0.15, -0.1) is 11.3 Å². The summed E-state index contributed by atoms with van der Waals surface area (Å²) in [5, 5.41) is 3.17. The molecule has 1 aromatic heterocycles. The van der Waals surface area contributed by atoms with E-state index in [-0.39, 0.29) is 5.41 Å². The van der Waals surface area contributed by atoms with E-state index >= 15 is 0 Å². The normalized spacial score (nSPS) is 19.6. The molecule has 25 heavy (non-hydrogen) atoms. The van der Waals surface area contributed by atoms with Crippen LogP contribution in [0.25, 0.3) is 0 Å². The molecule has 0 bridgehead atoms. The van der Waals surface area contributed by atoms with Crippen molar-refractivity contribution in [1.29, 1.82) is 0 Å². The third-order valence-electron chi connectivity index (χ3n) is 5.46. The van der Waals surface area contributed by atoms with E-state index < -0.39 is 0 Å². The van der Waals surface area contributed by atoms with Crippen molar-refractivity contribution in [3.8, 4) is 0 Å². The second kappa shape index (κ2) is 6.72. The van der Waals surface area contributed by atoms with Crippen molar-refractivity contribution in [2.45, 2.75) is 31.6 Å². The number of nitrogens with zero attached hydrogens (tertiary/aromatic N) is 3. The second-order valence-corrected chi connectivity index (χ2v) is 8.75. The molecule has 0 atom stereocenters. The molecule has 1 aliphatic heterocycles. The summed E-state index contributed by atoms with van der Waals surface area (Å²) in [7, 11) is 0. The van der Waals surface area contributed by atoms with Crippen LogP contribution in [0.2, 0.25) is 0 Å². The maximum Gasteiger partial charge on any atom is 0.233 e. The summed E-state index contributed by atoms with van der Waals surface area (Å²) in [5.74, 6) is 0.316. The number of benzene rings is 1. The van der Waals surface area contributed by atoms with Crippen LogP contribution in [0.15, 0.2) is 34.1 Å². The monoisotopic (exact) mass is 419 g/mol. The van der Waals surface area contributed by atoms with Crippen LogP contribution < -0.4 is 4.90 Å². The molecule has 1 saturated carbocycles. The fourth-order valence-electron chi connectivity index (χ4n) is 3.82. The Morgan fingerprint density at radius 3 is 2.36 bits per heavy atom. The summed E-state index contributed by atoms with van der Waals surface area (Å²) in [6.07, 6.45) is 3.08. The Kier molecular flexibility index (Phi) is 4.58.